The number of hydrogen-bond acceptors (Lipinski definition) is 7. The molecule has 2 aromatic heterocycles. The number of hydrogen-bond donors (Lipinski definition) is 0. The predicted molar refractivity (Wildman–Crippen MR) is 105 cm³/mol. The zero-order valence-electron chi connectivity index (χ0n) is 15.3. The van der Waals surface area contributed by atoms with E-state index in [0.29, 0.717) is 12.4 Å². The van der Waals surface area contributed by atoms with Gasteiger partial charge in [-0.05, 0) is 57.4 Å². The molecule has 26 heavy (non-hydrogen) atoms. The van der Waals surface area contributed by atoms with E-state index in [2.05, 4.69) is 24.7 Å². The molecule has 0 radical (unpaired) electrons. The van der Waals surface area contributed by atoms with Crippen LogP contribution >= 0.6 is 23.5 Å². The highest BCUT2D eigenvalue weighted by Crippen LogP contribution is 2.26. The van der Waals surface area contributed by atoms with Crippen molar-refractivity contribution in [3.63, 3.8) is 0 Å². The van der Waals surface area contributed by atoms with E-state index in [1.165, 1.54) is 0 Å². The van der Waals surface area contributed by atoms with Gasteiger partial charge in [-0.3, -0.25) is 4.57 Å². The van der Waals surface area contributed by atoms with Gasteiger partial charge in [0.1, 0.15) is 11.6 Å². The summed E-state index contributed by atoms with van der Waals surface area (Å²) in [5, 5.41) is 10.3. The third kappa shape index (κ3) is 4.37. The predicted octanol–water partition coefficient (Wildman–Crippen LogP) is 4.09. The summed E-state index contributed by atoms with van der Waals surface area (Å²) in [5.41, 5.74) is 2.95. The Kier molecular flexibility index (Phi) is 6.16. The van der Waals surface area contributed by atoms with Crippen LogP contribution in [0.5, 0.6) is 5.75 Å². The average Bonchev–Trinajstić information content (AvgIpc) is 3.03. The molecule has 0 N–H and O–H groups in total. The van der Waals surface area contributed by atoms with Crippen molar-refractivity contribution in [3.05, 3.63) is 47.5 Å². The molecule has 0 atom stereocenters. The smallest absolute Gasteiger partial charge is 0.195 e. The summed E-state index contributed by atoms with van der Waals surface area (Å²) in [6.07, 6.45) is 2.00. The van der Waals surface area contributed by atoms with Crippen molar-refractivity contribution in [1.82, 2.24) is 24.7 Å². The maximum atomic E-state index is 5.53. The number of rotatable bonds is 7. The van der Waals surface area contributed by atoms with E-state index in [1.807, 2.05) is 57.4 Å². The van der Waals surface area contributed by atoms with Crippen molar-refractivity contribution in [2.75, 3.05) is 12.9 Å². The molecule has 0 saturated carbocycles. The molecule has 0 aliphatic carbocycles. The van der Waals surface area contributed by atoms with Crippen molar-refractivity contribution in [2.45, 2.75) is 36.8 Å². The number of thioether (sulfide) groups is 2. The Morgan fingerprint density at radius 2 is 1.73 bits per heavy atom. The van der Waals surface area contributed by atoms with E-state index >= 15 is 0 Å². The molecule has 0 bridgehead atoms. The van der Waals surface area contributed by atoms with E-state index < -0.39 is 0 Å². The van der Waals surface area contributed by atoms with Crippen molar-refractivity contribution in [2.24, 2.45) is 0 Å². The highest BCUT2D eigenvalue weighted by Gasteiger charge is 2.14. The van der Waals surface area contributed by atoms with Crippen LogP contribution in [0.3, 0.4) is 0 Å². The van der Waals surface area contributed by atoms with Crippen LogP contribution in [0.4, 0.5) is 0 Å². The van der Waals surface area contributed by atoms with Crippen molar-refractivity contribution < 1.29 is 4.74 Å². The number of nitrogens with zero attached hydrogens (tertiary/aromatic N) is 5. The molecule has 136 valence electrons. The normalized spacial score (nSPS) is 10.9. The van der Waals surface area contributed by atoms with Gasteiger partial charge in [0.25, 0.3) is 0 Å². The Bertz CT molecular complexity index is 860. The van der Waals surface area contributed by atoms with Gasteiger partial charge in [-0.1, -0.05) is 23.5 Å². The second-order valence-corrected chi connectivity index (χ2v) is 7.30. The molecule has 2 heterocycles. The summed E-state index contributed by atoms with van der Waals surface area (Å²) < 4.78 is 7.59. The van der Waals surface area contributed by atoms with Gasteiger partial charge < -0.3 is 4.74 Å². The van der Waals surface area contributed by atoms with Crippen LogP contribution in [0.2, 0.25) is 0 Å². The van der Waals surface area contributed by atoms with Gasteiger partial charge in [-0.25, -0.2) is 9.97 Å². The quantitative estimate of drug-likeness (QED) is 0.447. The van der Waals surface area contributed by atoms with Crippen LogP contribution in [-0.4, -0.2) is 37.6 Å². The maximum absolute atomic E-state index is 5.53. The Labute approximate surface area is 161 Å². The van der Waals surface area contributed by atoms with Crippen LogP contribution in [0, 0.1) is 13.8 Å². The van der Waals surface area contributed by atoms with E-state index in [9.17, 15) is 0 Å². The molecule has 0 fully saturated rings. The number of benzene rings is 1. The minimum atomic E-state index is 0.643. The standard InChI is InChI=1S/C18H21N5OS2/c1-5-24-15-8-6-14(7-9-15)23-16(21-22-18(23)25-4)11-26-17-19-12(2)10-13(3)20-17/h6-10H,5,11H2,1-4H3. The minimum Gasteiger partial charge on any atom is -0.494 e. The molecule has 8 heteroatoms. The Morgan fingerprint density at radius 1 is 1.04 bits per heavy atom. The molecule has 0 amide bonds. The van der Waals surface area contributed by atoms with Gasteiger partial charge in [0, 0.05) is 17.1 Å². The molecule has 3 rings (SSSR count). The second kappa shape index (κ2) is 8.55. The van der Waals surface area contributed by atoms with Crippen LogP contribution < -0.4 is 4.74 Å². The summed E-state index contributed by atoms with van der Waals surface area (Å²) in [6, 6.07) is 9.95. The first-order valence-electron chi connectivity index (χ1n) is 8.27. The lowest BCUT2D eigenvalue weighted by atomic mass is 10.3. The molecule has 0 aliphatic heterocycles. The summed E-state index contributed by atoms with van der Waals surface area (Å²) in [6.45, 7) is 6.59. The SMILES string of the molecule is CCOc1ccc(-n2c(CSc3nc(C)cc(C)n3)nnc2SC)cc1. The van der Waals surface area contributed by atoms with Crippen LogP contribution in [-0.2, 0) is 5.75 Å². The Morgan fingerprint density at radius 3 is 2.35 bits per heavy atom. The van der Waals surface area contributed by atoms with Crippen LogP contribution in [0.25, 0.3) is 5.69 Å². The molecule has 6 nitrogen and oxygen atoms in total. The lowest BCUT2D eigenvalue weighted by Gasteiger charge is -2.10. The third-order valence-electron chi connectivity index (χ3n) is 3.58. The molecule has 3 aromatic rings. The number of ether oxygens (including phenoxy) is 1. The van der Waals surface area contributed by atoms with Gasteiger partial charge in [-0.2, -0.15) is 0 Å². The van der Waals surface area contributed by atoms with Gasteiger partial charge in [-0.15, -0.1) is 10.2 Å². The molecular formula is C18H21N5OS2. The van der Waals surface area contributed by atoms with Gasteiger partial charge in [0.15, 0.2) is 10.3 Å². The summed E-state index contributed by atoms with van der Waals surface area (Å²) in [4.78, 5) is 8.97. The van der Waals surface area contributed by atoms with E-state index in [4.69, 9.17) is 4.74 Å². The number of aromatic nitrogens is 5. The van der Waals surface area contributed by atoms with Crippen LogP contribution in [0.1, 0.15) is 24.1 Å². The summed E-state index contributed by atoms with van der Waals surface area (Å²) in [5.74, 6) is 2.37. The van der Waals surface area contributed by atoms with E-state index in [1.54, 1.807) is 23.5 Å². The lowest BCUT2D eigenvalue weighted by Crippen LogP contribution is -2.02. The first-order valence-corrected chi connectivity index (χ1v) is 10.5. The minimum absolute atomic E-state index is 0.643. The van der Waals surface area contributed by atoms with Gasteiger partial charge in [0.2, 0.25) is 0 Å². The van der Waals surface area contributed by atoms with Crippen molar-refractivity contribution in [1.29, 1.82) is 0 Å². The fraction of sp³-hybridized carbons (Fsp3) is 0.333. The Hall–Kier alpha value is -2.06. The van der Waals surface area contributed by atoms with Gasteiger partial charge in [0.05, 0.1) is 12.4 Å². The second-order valence-electron chi connectivity index (χ2n) is 5.59. The first-order chi connectivity index (χ1) is 12.6. The maximum Gasteiger partial charge on any atom is 0.195 e. The highest BCUT2D eigenvalue weighted by molar-refractivity contribution is 7.98. The third-order valence-corrected chi connectivity index (χ3v) is 5.05. The Balaban J connectivity index is 1.85. The molecule has 0 spiro atoms. The summed E-state index contributed by atoms with van der Waals surface area (Å²) in [7, 11) is 0. The fourth-order valence-electron chi connectivity index (χ4n) is 2.53. The lowest BCUT2D eigenvalue weighted by molar-refractivity contribution is 0.340. The highest BCUT2D eigenvalue weighted by atomic mass is 32.2. The van der Waals surface area contributed by atoms with E-state index in [0.717, 1.165) is 39.0 Å². The summed E-state index contributed by atoms with van der Waals surface area (Å²) >= 11 is 3.14. The zero-order chi connectivity index (χ0) is 18.5. The molecule has 1 aromatic carbocycles. The van der Waals surface area contributed by atoms with Crippen LogP contribution in [0.15, 0.2) is 40.6 Å². The largest absolute Gasteiger partial charge is 0.494 e. The van der Waals surface area contributed by atoms with Gasteiger partial charge >= 0.3 is 0 Å². The number of aryl methyl sites for hydroxylation is 2. The molecule has 0 aliphatic rings. The monoisotopic (exact) mass is 387 g/mol. The zero-order valence-corrected chi connectivity index (χ0v) is 16.9. The molecular weight excluding hydrogens is 366 g/mol. The van der Waals surface area contributed by atoms with Crippen molar-refractivity contribution in [3.8, 4) is 11.4 Å². The fourth-order valence-corrected chi connectivity index (χ4v) is 3.91. The van der Waals surface area contributed by atoms with Crippen molar-refractivity contribution >= 4 is 23.5 Å². The average molecular weight is 388 g/mol. The topological polar surface area (TPSA) is 65.7 Å². The molecule has 0 saturated heterocycles. The first kappa shape index (κ1) is 18.7. The van der Waals surface area contributed by atoms with E-state index in [-0.39, 0.29) is 0 Å². The molecule has 0 unspecified atom stereocenters.